The first-order valence-electron chi connectivity index (χ1n) is 8.75. The summed E-state index contributed by atoms with van der Waals surface area (Å²) in [4.78, 5) is 12.4. The first-order chi connectivity index (χ1) is 12.3. The van der Waals surface area contributed by atoms with E-state index in [9.17, 15) is 4.79 Å². The Kier molecular flexibility index (Phi) is 4.57. The van der Waals surface area contributed by atoms with Gasteiger partial charge in [-0.2, -0.15) is 0 Å². The van der Waals surface area contributed by atoms with E-state index in [4.69, 9.17) is 9.47 Å². The Hall–Kier alpha value is -2.53. The molecule has 3 atom stereocenters. The third-order valence-corrected chi connectivity index (χ3v) is 4.80. The number of nitrogens with one attached hydrogen (secondary N) is 2. The molecule has 0 spiro atoms. The van der Waals surface area contributed by atoms with Gasteiger partial charge in [-0.15, -0.1) is 0 Å². The molecule has 2 heterocycles. The molecule has 0 unspecified atom stereocenters. The quantitative estimate of drug-likeness (QED) is 0.902. The van der Waals surface area contributed by atoms with Crippen LogP contribution in [0.5, 0.6) is 5.75 Å². The summed E-state index contributed by atoms with van der Waals surface area (Å²) in [5.74, 6) is 0.850. The minimum atomic E-state index is -0.149. The van der Waals surface area contributed by atoms with E-state index in [-0.39, 0.29) is 24.2 Å². The lowest BCUT2D eigenvalue weighted by molar-refractivity contribution is 0.00220. The van der Waals surface area contributed by atoms with Gasteiger partial charge in [0.1, 0.15) is 12.4 Å². The number of hydrogen-bond acceptors (Lipinski definition) is 3. The van der Waals surface area contributed by atoms with Crippen molar-refractivity contribution in [3.8, 4) is 5.75 Å². The van der Waals surface area contributed by atoms with Gasteiger partial charge < -0.3 is 20.1 Å². The van der Waals surface area contributed by atoms with Gasteiger partial charge in [0.25, 0.3) is 0 Å². The Balaban J connectivity index is 1.34. The van der Waals surface area contributed by atoms with Crippen LogP contribution in [-0.2, 0) is 4.74 Å². The molecule has 4 rings (SSSR count). The number of hydrogen-bond donors (Lipinski definition) is 2. The molecule has 0 aromatic heterocycles. The zero-order valence-electron chi connectivity index (χ0n) is 14.0. The molecule has 5 nitrogen and oxygen atoms in total. The second-order valence-corrected chi connectivity index (χ2v) is 6.51. The highest BCUT2D eigenvalue weighted by Gasteiger charge is 2.28. The lowest BCUT2D eigenvalue weighted by atomic mass is 9.97. The largest absolute Gasteiger partial charge is 0.491 e. The van der Waals surface area contributed by atoms with Crippen LogP contribution in [0.25, 0.3) is 0 Å². The third-order valence-electron chi connectivity index (χ3n) is 4.80. The van der Waals surface area contributed by atoms with Gasteiger partial charge in [-0.25, -0.2) is 4.79 Å². The summed E-state index contributed by atoms with van der Waals surface area (Å²) < 4.78 is 11.5. The summed E-state index contributed by atoms with van der Waals surface area (Å²) >= 11 is 0. The molecule has 2 aromatic carbocycles. The summed E-state index contributed by atoms with van der Waals surface area (Å²) in [6.45, 7) is 1.13. The Labute approximate surface area is 147 Å². The Bertz CT molecular complexity index is 735. The van der Waals surface area contributed by atoms with Crippen LogP contribution in [0, 0.1) is 0 Å². The molecule has 0 aliphatic carbocycles. The van der Waals surface area contributed by atoms with Crippen LogP contribution in [0.4, 0.5) is 4.79 Å². The smallest absolute Gasteiger partial charge is 0.315 e. The lowest BCUT2D eigenvalue weighted by Crippen LogP contribution is -2.46. The van der Waals surface area contributed by atoms with Gasteiger partial charge in [0.05, 0.1) is 12.1 Å². The van der Waals surface area contributed by atoms with Gasteiger partial charge in [-0.3, -0.25) is 0 Å². The van der Waals surface area contributed by atoms with Gasteiger partial charge in [-0.1, -0.05) is 48.5 Å². The molecule has 1 saturated heterocycles. The fourth-order valence-electron chi connectivity index (χ4n) is 3.50. The van der Waals surface area contributed by atoms with Crippen molar-refractivity contribution in [1.82, 2.24) is 10.6 Å². The van der Waals surface area contributed by atoms with Crippen LogP contribution in [0.1, 0.15) is 36.1 Å². The summed E-state index contributed by atoms with van der Waals surface area (Å²) in [5, 5.41) is 6.11. The maximum atomic E-state index is 12.4. The topological polar surface area (TPSA) is 59.6 Å². The van der Waals surface area contributed by atoms with E-state index in [0.29, 0.717) is 13.2 Å². The van der Waals surface area contributed by atoms with E-state index in [1.807, 2.05) is 42.5 Å². The zero-order chi connectivity index (χ0) is 17.1. The predicted octanol–water partition coefficient (Wildman–Crippen LogP) is 3.34. The normalized spacial score (nSPS) is 24.9. The number of amides is 2. The maximum absolute atomic E-state index is 12.4. The highest BCUT2D eigenvalue weighted by atomic mass is 16.5. The molecule has 2 aliphatic heterocycles. The molecule has 0 bridgehead atoms. The van der Waals surface area contributed by atoms with E-state index in [2.05, 4.69) is 22.8 Å². The third kappa shape index (κ3) is 3.61. The molecule has 5 heteroatoms. The van der Waals surface area contributed by atoms with Crippen molar-refractivity contribution >= 4 is 6.03 Å². The summed E-state index contributed by atoms with van der Waals surface area (Å²) in [6.07, 6.45) is 1.65. The SMILES string of the molecule is O=C(N[C@@H]1CCO[C@H](c2ccccc2)C1)N[C@H]1COc2ccccc21. The number of urea groups is 1. The molecule has 0 saturated carbocycles. The van der Waals surface area contributed by atoms with Gasteiger partial charge >= 0.3 is 6.03 Å². The van der Waals surface area contributed by atoms with E-state index in [0.717, 1.165) is 29.7 Å². The second kappa shape index (κ2) is 7.15. The number of carbonyl (C=O) groups is 1. The number of rotatable bonds is 3. The molecule has 2 aromatic rings. The van der Waals surface area contributed by atoms with Crippen molar-refractivity contribution in [3.63, 3.8) is 0 Å². The highest BCUT2D eigenvalue weighted by molar-refractivity contribution is 5.75. The Morgan fingerprint density at radius 3 is 2.68 bits per heavy atom. The van der Waals surface area contributed by atoms with Crippen LogP contribution in [0.2, 0.25) is 0 Å². The average Bonchev–Trinajstić information content (AvgIpc) is 3.06. The number of carbonyl (C=O) groups excluding carboxylic acids is 1. The van der Waals surface area contributed by atoms with Crippen molar-refractivity contribution in [2.75, 3.05) is 13.2 Å². The van der Waals surface area contributed by atoms with E-state index in [1.165, 1.54) is 0 Å². The van der Waals surface area contributed by atoms with Gasteiger partial charge in [-0.05, 0) is 24.5 Å². The summed E-state index contributed by atoms with van der Waals surface area (Å²) in [6, 6.07) is 17.8. The maximum Gasteiger partial charge on any atom is 0.315 e. The molecular weight excluding hydrogens is 316 g/mol. The van der Waals surface area contributed by atoms with Gasteiger partial charge in [0, 0.05) is 18.2 Å². The molecular formula is C20H22N2O3. The second-order valence-electron chi connectivity index (χ2n) is 6.51. The van der Waals surface area contributed by atoms with Crippen molar-refractivity contribution < 1.29 is 14.3 Å². The molecule has 130 valence electrons. The summed E-state index contributed by atoms with van der Waals surface area (Å²) in [7, 11) is 0. The minimum absolute atomic E-state index is 0.0378. The van der Waals surface area contributed by atoms with Crippen LogP contribution >= 0.6 is 0 Å². The fourth-order valence-corrected chi connectivity index (χ4v) is 3.50. The predicted molar refractivity (Wildman–Crippen MR) is 94.5 cm³/mol. The minimum Gasteiger partial charge on any atom is -0.491 e. The Morgan fingerprint density at radius 1 is 1.00 bits per heavy atom. The van der Waals surface area contributed by atoms with Crippen LogP contribution in [0.3, 0.4) is 0 Å². The molecule has 1 fully saturated rings. The molecule has 2 amide bonds. The standard InChI is InChI=1S/C20H22N2O3/c23-20(22-17-13-25-18-9-5-4-8-16(17)18)21-15-10-11-24-19(12-15)14-6-2-1-3-7-14/h1-9,15,17,19H,10-13H2,(H2,21,22,23)/t15-,17+,19+/m1/s1. The number of fused-ring (bicyclic) bond motifs is 1. The average molecular weight is 338 g/mol. The number of ether oxygens (including phenoxy) is 2. The van der Waals surface area contributed by atoms with Crippen LogP contribution in [-0.4, -0.2) is 25.3 Å². The molecule has 0 radical (unpaired) electrons. The van der Waals surface area contributed by atoms with E-state index < -0.39 is 0 Å². The molecule has 25 heavy (non-hydrogen) atoms. The van der Waals surface area contributed by atoms with Crippen LogP contribution < -0.4 is 15.4 Å². The zero-order valence-corrected chi connectivity index (χ0v) is 14.0. The Morgan fingerprint density at radius 2 is 1.80 bits per heavy atom. The van der Waals surface area contributed by atoms with Crippen molar-refractivity contribution in [3.05, 3.63) is 65.7 Å². The summed E-state index contributed by atoms with van der Waals surface area (Å²) in [5.41, 5.74) is 2.19. The van der Waals surface area contributed by atoms with Gasteiger partial charge in [0.2, 0.25) is 0 Å². The first-order valence-corrected chi connectivity index (χ1v) is 8.75. The first kappa shape index (κ1) is 16.0. The fraction of sp³-hybridized carbons (Fsp3) is 0.350. The number of para-hydroxylation sites is 1. The lowest BCUT2D eigenvalue weighted by Gasteiger charge is -2.30. The van der Waals surface area contributed by atoms with Crippen LogP contribution in [0.15, 0.2) is 54.6 Å². The number of benzene rings is 2. The van der Waals surface area contributed by atoms with Crippen molar-refractivity contribution in [2.24, 2.45) is 0 Å². The molecule has 2 N–H and O–H groups in total. The van der Waals surface area contributed by atoms with Crippen molar-refractivity contribution in [2.45, 2.75) is 31.0 Å². The molecule has 2 aliphatic rings. The monoisotopic (exact) mass is 338 g/mol. The van der Waals surface area contributed by atoms with E-state index in [1.54, 1.807) is 0 Å². The van der Waals surface area contributed by atoms with Crippen molar-refractivity contribution in [1.29, 1.82) is 0 Å². The van der Waals surface area contributed by atoms with E-state index >= 15 is 0 Å². The highest BCUT2D eigenvalue weighted by Crippen LogP contribution is 2.32. The van der Waals surface area contributed by atoms with Gasteiger partial charge in [0.15, 0.2) is 0 Å².